The standard InChI is InChI=1S/C27H6F12N6/c28-13-6(3-42)14(29)20(35)12(19(13)34)25(43)11-7(4(1-40)9-15(30)21(36)26(44)22(37)16(9)31)8(11)5(2-41)10-17(32)23(38)27(45)24(39)18(10)33/h43-45H2/b7-4+,8-5?,25-11-. The fraction of sp³-hybridized carbons (Fsp3) is 0. The van der Waals surface area contributed by atoms with Gasteiger partial charge in [-0.2, -0.15) is 15.8 Å². The molecule has 0 amide bonds. The monoisotopic (exact) mass is 642 g/mol. The number of hydrogen-bond donors (Lipinski definition) is 3. The van der Waals surface area contributed by atoms with Gasteiger partial charge in [0.2, 0.25) is 0 Å². The van der Waals surface area contributed by atoms with Gasteiger partial charge < -0.3 is 17.2 Å². The molecule has 0 saturated heterocycles. The van der Waals surface area contributed by atoms with Gasteiger partial charge in [-0.3, -0.25) is 0 Å². The minimum Gasteiger partial charge on any atom is -0.398 e. The Morgan fingerprint density at radius 2 is 0.711 bits per heavy atom. The Labute approximate surface area is 241 Å². The quantitative estimate of drug-likeness (QED) is 0.138. The van der Waals surface area contributed by atoms with Crippen molar-refractivity contribution in [1.82, 2.24) is 0 Å². The first-order valence-corrected chi connectivity index (χ1v) is 11.3. The van der Waals surface area contributed by atoms with Crippen LogP contribution in [0.4, 0.5) is 64.1 Å². The lowest BCUT2D eigenvalue weighted by molar-refractivity contribution is 0.446. The van der Waals surface area contributed by atoms with Crippen LogP contribution in [0.5, 0.6) is 0 Å². The summed E-state index contributed by atoms with van der Waals surface area (Å²) in [6.07, 6.45) is 0. The zero-order valence-electron chi connectivity index (χ0n) is 21.1. The molecular formula is C27H6F12N6. The first-order chi connectivity index (χ1) is 21.0. The van der Waals surface area contributed by atoms with Crippen LogP contribution in [0.15, 0.2) is 16.7 Å². The van der Waals surface area contributed by atoms with Gasteiger partial charge >= 0.3 is 0 Å². The van der Waals surface area contributed by atoms with Gasteiger partial charge in [-0.1, -0.05) is 0 Å². The molecule has 4 rings (SSSR count). The van der Waals surface area contributed by atoms with E-state index in [-0.39, 0.29) is 0 Å². The van der Waals surface area contributed by atoms with Crippen molar-refractivity contribution in [3.05, 3.63) is 109 Å². The normalized spacial score (nSPS) is 15.7. The third kappa shape index (κ3) is 4.36. The maximum absolute atomic E-state index is 14.9. The number of nitrogens with zero attached hydrogens (tertiary/aromatic N) is 3. The Balaban J connectivity index is 2.32. The number of anilines is 2. The van der Waals surface area contributed by atoms with Crippen molar-refractivity contribution in [3.8, 4) is 18.2 Å². The summed E-state index contributed by atoms with van der Waals surface area (Å²) in [4.78, 5) is 0. The molecule has 1 aliphatic rings. The number of hydrogen-bond acceptors (Lipinski definition) is 6. The third-order valence-electron chi connectivity index (χ3n) is 6.42. The SMILES string of the molecule is N#CC(=C1C(=C(/C#N)c2c(F)c(F)c(N)c(F)c2F)/C1=C(/N)c1c(F)c(F)c(C#N)c(F)c1F)c1c(F)c(F)c(N)c(F)c1F. The van der Waals surface area contributed by atoms with Crippen LogP contribution in [0.2, 0.25) is 0 Å². The molecule has 3 aromatic carbocycles. The lowest BCUT2D eigenvalue weighted by atomic mass is 10.0. The Hall–Kier alpha value is -6.09. The Morgan fingerprint density at radius 1 is 0.422 bits per heavy atom. The molecule has 1 saturated carbocycles. The highest BCUT2D eigenvalue weighted by atomic mass is 19.2. The summed E-state index contributed by atoms with van der Waals surface area (Å²) >= 11 is 0. The average molecular weight is 642 g/mol. The highest BCUT2D eigenvalue weighted by Gasteiger charge is 2.45. The molecule has 0 heterocycles. The van der Waals surface area contributed by atoms with Crippen molar-refractivity contribution < 1.29 is 52.7 Å². The Kier molecular flexibility index (Phi) is 7.69. The van der Waals surface area contributed by atoms with Gasteiger partial charge in [0.1, 0.15) is 35.1 Å². The fourth-order valence-electron chi connectivity index (χ4n) is 4.26. The van der Waals surface area contributed by atoms with E-state index < -0.39 is 137 Å². The van der Waals surface area contributed by atoms with E-state index in [2.05, 4.69) is 0 Å². The predicted molar refractivity (Wildman–Crippen MR) is 129 cm³/mol. The second-order valence-electron chi connectivity index (χ2n) is 8.72. The van der Waals surface area contributed by atoms with Crippen LogP contribution in [0.3, 0.4) is 0 Å². The molecular weight excluding hydrogens is 636 g/mol. The number of halogens is 12. The van der Waals surface area contributed by atoms with Crippen molar-refractivity contribution in [2.24, 2.45) is 5.73 Å². The molecule has 45 heavy (non-hydrogen) atoms. The van der Waals surface area contributed by atoms with Gasteiger partial charge in [0.05, 0.1) is 33.5 Å². The van der Waals surface area contributed by atoms with E-state index in [1.54, 1.807) is 0 Å². The molecule has 0 aliphatic heterocycles. The maximum Gasteiger partial charge on any atom is 0.185 e. The molecule has 0 atom stereocenters. The largest absolute Gasteiger partial charge is 0.398 e. The summed E-state index contributed by atoms with van der Waals surface area (Å²) in [6.45, 7) is 0. The van der Waals surface area contributed by atoms with Gasteiger partial charge in [-0.15, -0.1) is 0 Å². The van der Waals surface area contributed by atoms with Crippen LogP contribution in [0.1, 0.15) is 22.3 Å². The smallest absolute Gasteiger partial charge is 0.185 e. The van der Waals surface area contributed by atoms with Gasteiger partial charge in [-0.25, -0.2) is 52.7 Å². The molecule has 3 aromatic rings. The summed E-state index contributed by atoms with van der Waals surface area (Å²) in [5.74, 6) is -28.3. The predicted octanol–water partition coefficient (Wildman–Crippen LogP) is 6.03. The first kappa shape index (κ1) is 31.8. The Bertz CT molecular complexity index is 1950. The van der Waals surface area contributed by atoms with Crippen molar-refractivity contribution in [3.63, 3.8) is 0 Å². The van der Waals surface area contributed by atoms with Crippen LogP contribution in [0.25, 0.3) is 16.8 Å². The van der Waals surface area contributed by atoms with Crippen LogP contribution in [-0.4, -0.2) is 0 Å². The van der Waals surface area contributed by atoms with Crippen molar-refractivity contribution in [1.29, 1.82) is 15.8 Å². The molecule has 6 nitrogen and oxygen atoms in total. The zero-order chi connectivity index (χ0) is 34.0. The highest BCUT2D eigenvalue weighted by Crippen LogP contribution is 2.56. The zero-order valence-corrected chi connectivity index (χ0v) is 21.1. The second kappa shape index (κ2) is 10.9. The van der Waals surface area contributed by atoms with E-state index in [1.165, 1.54) is 0 Å². The van der Waals surface area contributed by atoms with E-state index in [4.69, 9.17) is 22.5 Å². The van der Waals surface area contributed by atoms with E-state index in [0.29, 0.717) is 0 Å². The van der Waals surface area contributed by atoms with Gasteiger partial charge in [0.15, 0.2) is 69.8 Å². The average Bonchev–Trinajstić information content (AvgIpc) is 3.75. The molecule has 0 spiro atoms. The number of allylic oxidation sites excluding steroid dienone is 5. The number of nitrogen functional groups attached to an aromatic ring is 2. The number of rotatable bonds is 3. The van der Waals surface area contributed by atoms with Crippen LogP contribution in [0, 0.1) is 104 Å². The highest BCUT2D eigenvalue weighted by molar-refractivity contribution is 6.10. The molecule has 1 fully saturated rings. The first-order valence-electron chi connectivity index (χ1n) is 11.3. The van der Waals surface area contributed by atoms with E-state index >= 15 is 0 Å². The second-order valence-corrected chi connectivity index (χ2v) is 8.72. The molecule has 0 bridgehead atoms. The lowest BCUT2D eigenvalue weighted by Gasteiger charge is -2.09. The molecule has 1 aliphatic carbocycles. The minimum absolute atomic E-state index is 0.806. The summed E-state index contributed by atoms with van der Waals surface area (Å²) in [7, 11) is 0. The van der Waals surface area contributed by atoms with Crippen LogP contribution >= 0.6 is 0 Å². The molecule has 18 heteroatoms. The fourth-order valence-corrected chi connectivity index (χ4v) is 4.26. The van der Waals surface area contributed by atoms with Gasteiger partial charge in [0, 0.05) is 16.7 Å². The van der Waals surface area contributed by atoms with Gasteiger partial charge in [0.25, 0.3) is 0 Å². The molecule has 0 unspecified atom stereocenters. The molecule has 6 N–H and O–H groups in total. The minimum atomic E-state index is -2.41. The van der Waals surface area contributed by atoms with Gasteiger partial charge in [-0.05, 0) is 0 Å². The van der Waals surface area contributed by atoms with Crippen molar-refractivity contribution in [2.45, 2.75) is 0 Å². The summed E-state index contributed by atoms with van der Waals surface area (Å²) in [6, 6.07) is 2.85. The topological polar surface area (TPSA) is 149 Å². The maximum atomic E-state index is 14.9. The van der Waals surface area contributed by atoms with E-state index in [9.17, 15) is 63.2 Å². The van der Waals surface area contributed by atoms with E-state index in [0.717, 1.165) is 18.2 Å². The summed E-state index contributed by atoms with van der Waals surface area (Å²) in [5, 5.41) is 28.3. The summed E-state index contributed by atoms with van der Waals surface area (Å²) in [5.41, 5.74) is -4.33. The van der Waals surface area contributed by atoms with E-state index in [1.807, 2.05) is 0 Å². The number of nitriles is 3. The van der Waals surface area contributed by atoms with Crippen molar-refractivity contribution >= 4 is 28.2 Å². The van der Waals surface area contributed by atoms with Crippen LogP contribution in [-0.2, 0) is 0 Å². The summed E-state index contributed by atoms with van der Waals surface area (Å²) < 4.78 is 175. The lowest BCUT2D eigenvalue weighted by Crippen LogP contribution is -2.10. The number of benzene rings is 3. The van der Waals surface area contributed by atoms with Crippen molar-refractivity contribution in [2.75, 3.05) is 11.5 Å². The molecule has 0 aromatic heterocycles. The number of nitrogens with two attached hydrogens (primary N) is 3. The molecule has 0 radical (unpaired) electrons. The third-order valence-corrected chi connectivity index (χ3v) is 6.42. The Morgan fingerprint density at radius 3 is 0.978 bits per heavy atom. The van der Waals surface area contributed by atoms with Crippen LogP contribution < -0.4 is 17.2 Å². The molecule has 228 valence electrons.